The standard InChI is InChI=1S/C33H33N3O3/c1-2-9-29-13-8-16-36(29)31(37)28-19-25(18-27(20-28)30-14-7-6-12-26(30)22-34)23-39-32-33(35,15-17-38-32)21-24-10-4-3-5-11-24/h3-7,10-12,14,18-20,29,32H,8,13,15-17,21,23,35H2,1H3/t29-,32?,33?/m0/s1. The molecule has 198 valence electrons. The molecule has 39 heavy (non-hydrogen) atoms. The largest absolute Gasteiger partial charge is 0.351 e. The topological polar surface area (TPSA) is 88.6 Å². The fourth-order valence-electron chi connectivity index (χ4n) is 5.55. The number of ether oxygens (including phenoxy) is 2. The Bertz CT molecular complexity index is 1440. The summed E-state index contributed by atoms with van der Waals surface area (Å²) in [7, 11) is 0. The fourth-order valence-corrected chi connectivity index (χ4v) is 5.55. The summed E-state index contributed by atoms with van der Waals surface area (Å²) < 4.78 is 12.2. The van der Waals surface area contributed by atoms with Crippen molar-refractivity contribution in [2.24, 2.45) is 5.73 Å². The number of rotatable bonds is 7. The second-order valence-electron chi connectivity index (χ2n) is 10.3. The van der Waals surface area contributed by atoms with Crippen molar-refractivity contribution in [1.82, 2.24) is 4.90 Å². The number of nitrogens with two attached hydrogens (primary N) is 1. The summed E-state index contributed by atoms with van der Waals surface area (Å²) in [4.78, 5) is 15.5. The van der Waals surface area contributed by atoms with Crippen molar-refractivity contribution in [2.45, 2.75) is 57.1 Å². The first-order valence-corrected chi connectivity index (χ1v) is 13.4. The lowest BCUT2D eigenvalue weighted by Crippen LogP contribution is -2.50. The number of nitrogens with zero attached hydrogens (tertiary/aromatic N) is 2. The molecular weight excluding hydrogens is 486 g/mol. The van der Waals surface area contributed by atoms with E-state index in [0.29, 0.717) is 37.1 Å². The van der Waals surface area contributed by atoms with Gasteiger partial charge in [0.25, 0.3) is 5.91 Å². The van der Waals surface area contributed by atoms with Gasteiger partial charge in [-0.1, -0.05) is 54.5 Å². The molecule has 0 bridgehead atoms. The first-order valence-electron chi connectivity index (χ1n) is 13.4. The van der Waals surface area contributed by atoms with E-state index in [0.717, 1.165) is 35.1 Å². The molecule has 0 radical (unpaired) electrons. The second-order valence-corrected chi connectivity index (χ2v) is 10.3. The monoisotopic (exact) mass is 519 g/mol. The molecule has 5 rings (SSSR count). The second kappa shape index (κ2) is 11.8. The van der Waals surface area contributed by atoms with Crippen molar-refractivity contribution in [3.8, 4) is 29.0 Å². The van der Waals surface area contributed by atoms with Crippen molar-refractivity contribution in [1.29, 1.82) is 5.26 Å². The molecule has 0 saturated carbocycles. The Hall–Kier alpha value is -3.94. The van der Waals surface area contributed by atoms with E-state index in [9.17, 15) is 10.1 Å². The summed E-state index contributed by atoms with van der Waals surface area (Å²) in [6.07, 6.45) is 2.57. The zero-order chi connectivity index (χ0) is 27.2. The Labute approximate surface area is 230 Å². The Kier molecular flexibility index (Phi) is 8.10. The molecule has 2 N–H and O–H groups in total. The predicted octanol–water partition coefficient (Wildman–Crippen LogP) is 5.06. The quantitative estimate of drug-likeness (QED) is 0.441. The van der Waals surface area contributed by atoms with Crippen molar-refractivity contribution in [3.05, 3.63) is 95.1 Å². The Balaban J connectivity index is 1.44. The first kappa shape index (κ1) is 26.7. The molecule has 0 aliphatic carbocycles. The van der Waals surface area contributed by atoms with Gasteiger partial charge in [-0.25, -0.2) is 0 Å². The summed E-state index contributed by atoms with van der Waals surface area (Å²) >= 11 is 0. The van der Waals surface area contributed by atoms with Crippen LogP contribution in [0.4, 0.5) is 0 Å². The van der Waals surface area contributed by atoms with E-state index in [1.54, 1.807) is 13.0 Å². The van der Waals surface area contributed by atoms with E-state index in [4.69, 9.17) is 15.2 Å². The van der Waals surface area contributed by atoms with Crippen LogP contribution in [0.25, 0.3) is 11.1 Å². The van der Waals surface area contributed by atoms with E-state index in [1.165, 1.54) is 0 Å². The molecule has 2 saturated heterocycles. The maximum absolute atomic E-state index is 13.7. The van der Waals surface area contributed by atoms with Gasteiger partial charge in [0, 0.05) is 12.1 Å². The van der Waals surface area contributed by atoms with Crippen molar-refractivity contribution < 1.29 is 14.3 Å². The van der Waals surface area contributed by atoms with E-state index in [2.05, 4.69) is 30.0 Å². The van der Waals surface area contributed by atoms with E-state index >= 15 is 0 Å². The molecular formula is C33H33N3O3. The molecule has 6 heteroatoms. The Morgan fingerprint density at radius 3 is 2.72 bits per heavy atom. The van der Waals surface area contributed by atoms with Gasteiger partial charge in [0.2, 0.25) is 0 Å². The Morgan fingerprint density at radius 2 is 1.92 bits per heavy atom. The highest BCUT2D eigenvalue weighted by Crippen LogP contribution is 2.31. The van der Waals surface area contributed by atoms with Gasteiger partial charge in [0.15, 0.2) is 6.29 Å². The van der Waals surface area contributed by atoms with Gasteiger partial charge in [0.05, 0.1) is 36.4 Å². The minimum absolute atomic E-state index is 0.0628. The highest BCUT2D eigenvalue weighted by molar-refractivity contribution is 5.96. The fraction of sp³-hybridized carbons (Fsp3) is 0.333. The van der Waals surface area contributed by atoms with Gasteiger partial charge in [-0.2, -0.15) is 5.26 Å². The van der Waals surface area contributed by atoms with Crippen LogP contribution in [0.5, 0.6) is 0 Å². The molecule has 2 fully saturated rings. The lowest BCUT2D eigenvalue weighted by Gasteiger charge is -2.30. The molecule has 2 aliphatic rings. The lowest BCUT2D eigenvalue weighted by atomic mass is 9.90. The molecule has 3 aromatic carbocycles. The summed E-state index contributed by atoms with van der Waals surface area (Å²) in [5.74, 6) is 6.07. The third-order valence-electron chi connectivity index (χ3n) is 7.51. The average Bonchev–Trinajstić information content (AvgIpc) is 3.58. The van der Waals surface area contributed by atoms with Crippen LogP contribution in [-0.4, -0.2) is 41.8 Å². The molecule has 0 spiro atoms. The molecule has 3 atom stereocenters. The molecule has 2 aliphatic heterocycles. The van der Waals surface area contributed by atoms with Gasteiger partial charge in [-0.3, -0.25) is 4.79 Å². The van der Waals surface area contributed by atoms with Crippen LogP contribution >= 0.6 is 0 Å². The van der Waals surface area contributed by atoms with Crippen LogP contribution in [-0.2, 0) is 22.5 Å². The minimum Gasteiger partial charge on any atom is -0.351 e. The third-order valence-corrected chi connectivity index (χ3v) is 7.51. The number of hydrogen-bond donors (Lipinski definition) is 1. The summed E-state index contributed by atoms with van der Waals surface area (Å²) in [5, 5.41) is 9.72. The zero-order valence-corrected chi connectivity index (χ0v) is 22.2. The lowest BCUT2D eigenvalue weighted by molar-refractivity contribution is -0.145. The van der Waals surface area contributed by atoms with Gasteiger partial charge >= 0.3 is 0 Å². The van der Waals surface area contributed by atoms with Crippen LogP contribution in [0.3, 0.4) is 0 Å². The van der Waals surface area contributed by atoms with Crippen molar-refractivity contribution in [2.75, 3.05) is 13.2 Å². The van der Waals surface area contributed by atoms with Crippen LogP contribution in [0.15, 0.2) is 72.8 Å². The van der Waals surface area contributed by atoms with Crippen LogP contribution in [0, 0.1) is 23.2 Å². The molecule has 1 amide bonds. The highest BCUT2D eigenvalue weighted by Gasteiger charge is 2.42. The van der Waals surface area contributed by atoms with Crippen molar-refractivity contribution in [3.63, 3.8) is 0 Å². The number of amides is 1. The summed E-state index contributed by atoms with van der Waals surface area (Å²) in [5.41, 5.74) is 10.8. The molecule has 3 aromatic rings. The van der Waals surface area contributed by atoms with Crippen LogP contribution in [0.2, 0.25) is 0 Å². The predicted molar refractivity (Wildman–Crippen MR) is 150 cm³/mol. The maximum atomic E-state index is 13.7. The smallest absolute Gasteiger partial charge is 0.254 e. The van der Waals surface area contributed by atoms with E-state index in [-0.39, 0.29) is 18.6 Å². The van der Waals surface area contributed by atoms with E-state index in [1.807, 2.05) is 59.5 Å². The summed E-state index contributed by atoms with van der Waals surface area (Å²) in [6.45, 7) is 3.23. The zero-order valence-electron chi connectivity index (χ0n) is 22.2. The molecule has 0 aromatic heterocycles. The number of likely N-dealkylation sites (tertiary alicyclic amines) is 1. The Morgan fingerprint density at radius 1 is 1.13 bits per heavy atom. The summed E-state index contributed by atoms with van der Waals surface area (Å²) in [6, 6.07) is 25.4. The number of benzene rings is 3. The molecule has 2 unspecified atom stereocenters. The van der Waals surface area contributed by atoms with Crippen LogP contribution in [0.1, 0.15) is 53.2 Å². The number of hydrogen-bond acceptors (Lipinski definition) is 5. The van der Waals surface area contributed by atoms with Gasteiger partial charge in [-0.05, 0) is 79.1 Å². The van der Waals surface area contributed by atoms with Gasteiger partial charge < -0.3 is 20.1 Å². The highest BCUT2D eigenvalue weighted by atomic mass is 16.7. The van der Waals surface area contributed by atoms with Gasteiger partial charge in [0.1, 0.15) is 0 Å². The minimum atomic E-state index is -0.646. The SMILES string of the molecule is CC#C[C@H]1CCCN1C(=O)c1cc(COC2OCCC2(N)Cc2ccccc2)cc(-c2ccccc2C#N)c1. The molecule has 6 nitrogen and oxygen atoms in total. The molecule has 2 heterocycles. The maximum Gasteiger partial charge on any atom is 0.254 e. The number of carbonyl (C=O) groups excluding carboxylic acids is 1. The van der Waals surface area contributed by atoms with Gasteiger partial charge in [-0.15, -0.1) is 5.92 Å². The average molecular weight is 520 g/mol. The normalized spacial score (nSPS) is 22.2. The van der Waals surface area contributed by atoms with Crippen molar-refractivity contribution >= 4 is 5.91 Å². The third kappa shape index (κ3) is 5.90. The number of carbonyl (C=O) groups is 1. The van der Waals surface area contributed by atoms with Crippen LogP contribution < -0.4 is 5.73 Å². The first-order chi connectivity index (χ1) is 19.0. The number of nitriles is 1. The van der Waals surface area contributed by atoms with E-state index < -0.39 is 11.8 Å².